The van der Waals surface area contributed by atoms with Crippen LogP contribution in [0.1, 0.15) is 106 Å². The maximum atomic E-state index is 13.1. The minimum Gasteiger partial charge on any atom is -0.481 e. The van der Waals surface area contributed by atoms with Gasteiger partial charge in [0, 0.05) is 5.41 Å². The zero-order valence-corrected chi connectivity index (χ0v) is 38.6. The third kappa shape index (κ3) is 7.80. The average molecular weight is 929 g/mol. The van der Waals surface area contributed by atoms with Gasteiger partial charge in [-0.25, -0.2) is 0 Å². The molecule has 3 saturated heterocycles. The smallest absolute Gasteiger partial charge is 0.310 e. The summed E-state index contributed by atoms with van der Waals surface area (Å²) >= 11 is 0. The standard InChI is InChI=1S/C47H76O18/c1-42(2)13-15-47(41(58)59)16-14-45(5)22(23(47)17-42)7-8-28-43(3)11-10-29(44(4,21-50)27(43)9-12-46(28,45)6)63-38-34(56)36(24(51)20-60-38)64-40-35(57)37(31(53)26(19-49)62-40)65-39-33(55)32(54)30(52)25(18-48)61-39/h7,23-40,48-57H,8-21H2,1-6H3,(H,58,59)/t23-,24+,25+,26+,27-,28-,29-,30+,31+,32-,33+,34+,35+,36-,37-,38-,39-,40-,43+,44-,45-,46-,47-/m1/s1. The van der Waals surface area contributed by atoms with Crippen LogP contribution in [-0.2, 0) is 33.2 Å². The van der Waals surface area contributed by atoms with E-state index in [0.29, 0.717) is 19.3 Å². The number of carboxylic acid groups (broad SMARTS) is 1. The molecule has 18 nitrogen and oxygen atoms in total. The Labute approximate surface area is 380 Å². The highest BCUT2D eigenvalue weighted by Crippen LogP contribution is 2.76. The van der Waals surface area contributed by atoms with Crippen molar-refractivity contribution in [2.45, 2.75) is 198 Å². The second kappa shape index (κ2) is 17.8. The molecular weight excluding hydrogens is 852 g/mol. The number of hydrogen-bond donors (Lipinski definition) is 11. The lowest BCUT2D eigenvalue weighted by atomic mass is 9.33. The van der Waals surface area contributed by atoms with Crippen molar-refractivity contribution in [3.8, 4) is 0 Å². The Hall–Kier alpha value is -1.43. The fourth-order valence-electron chi connectivity index (χ4n) is 14.9. The largest absolute Gasteiger partial charge is 0.481 e. The number of allylic oxidation sites excluding steroid dienone is 2. The van der Waals surface area contributed by atoms with E-state index in [1.807, 2.05) is 6.92 Å². The van der Waals surface area contributed by atoms with Crippen LogP contribution in [0.4, 0.5) is 0 Å². The fourth-order valence-corrected chi connectivity index (χ4v) is 14.9. The second-order valence-corrected chi connectivity index (χ2v) is 22.9. The monoisotopic (exact) mass is 929 g/mol. The third-order valence-electron chi connectivity index (χ3n) is 19.1. The minimum absolute atomic E-state index is 0.00665. The van der Waals surface area contributed by atoms with Crippen LogP contribution in [0.5, 0.6) is 0 Å². The molecule has 0 amide bonds. The summed E-state index contributed by atoms with van der Waals surface area (Å²) in [5.74, 6) is -0.404. The van der Waals surface area contributed by atoms with E-state index >= 15 is 0 Å². The molecule has 18 heteroatoms. The number of rotatable bonds is 10. The van der Waals surface area contributed by atoms with Crippen LogP contribution >= 0.6 is 0 Å². The van der Waals surface area contributed by atoms with E-state index < -0.39 is 122 Å². The zero-order valence-electron chi connectivity index (χ0n) is 38.6. The van der Waals surface area contributed by atoms with Crippen molar-refractivity contribution in [2.75, 3.05) is 26.4 Å². The first-order valence-electron chi connectivity index (χ1n) is 23.9. The van der Waals surface area contributed by atoms with Gasteiger partial charge < -0.3 is 84.6 Å². The number of carbonyl (C=O) groups is 1. The highest BCUT2D eigenvalue weighted by Gasteiger charge is 2.70. The summed E-state index contributed by atoms with van der Waals surface area (Å²) in [6.07, 6.45) is -13.5. The number of ether oxygens (including phenoxy) is 6. The molecule has 0 radical (unpaired) electrons. The van der Waals surface area contributed by atoms with E-state index in [1.54, 1.807) is 0 Å². The molecule has 8 aliphatic rings. The molecule has 0 aromatic carbocycles. The highest BCUT2D eigenvalue weighted by molar-refractivity contribution is 5.76. The molecule has 0 unspecified atom stereocenters. The van der Waals surface area contributed by atoms with Gasteiger partial charge in [-0.15, -0.1) is 0 Å². The first kappa shape index (κ1) is 50.0. The summed E-state index contributed by atoms with van der Waals surface area (Å²) in [6.45, 7) is 11.6. The van der Waals surface area contributed by atoms with Crippen LogP contribution in [-0.4, -0.2) is 181 Å². The van der Waals surface area contributed by atoms with Gasteiger partial charge in [0.2, 0.25) is 0 Å². The SMILES string of the molecule is CC1(C)CC[C@@]2(C(=O)O)CC[C@]3(C)C(=CC[C@@H]4[C@@]5(C)CC[C@@H](O[C@H]6OC[C@H](O)[C@@H](O[C@H]7O[C@@H](CO)[C@H](O)[C@@H](O[C@H]8O[C@@H](CO)[C@H](O)[C@@H](O)[C@@H]8O)[C@@H]7O)[C@@H]6O)[C@](C)(CO)[C@@H]5CC[C@]43C)[C@H]2C1. The molecule has 7 fully saturated rings. The van der Waals surface area contributed by atoms with Crippen LogP contribution in [0.25, 0.3) is 0 Å². The van der Waals surface area contributed by atoms with Gasteiger partial charge in [0.15, 0.2) is 18.9 Å². The quantitative estimate of drug-likeness (QED) is 0.104. The molecule has 3 heterocycles. The van der Waals surface area contributed by atoms with E-state index in [2.05, 4.69) is 40.7 Å². The maximum Gasteiger partial charge on any atom is 0.310 e. The van der Waals surface area contributed by atoms with E-state index in [4.69, 9.17) is 28.4 Å². The highest BCUT2D eigenvalue weighted by atomic mass is 16.8. The minimum atomic E-state index is -1.90. The molecule has 11 N–H and O–H groups in total. The van der Waals surface area contributed by atoms with Gasteiger partial charge in [0.25, 0.3) is 0 Å². The lowest BCUT2D eigenvalue weighted by molar-refractivity contribution is -0.379. The molecule has 0 aromatic heterocycles. The van der Waals surface area contributed by atoms with Crippen LogP contribution in [0.15, 0.2) is 11.6 Å². The number of carboxylic acids is 1. The van der Waals surface area contributed by atoms with Gasteiger partial charge in [-0.3, -0.25) is 4.79 Å². The lowest BCUT2D eigenvalue weighted by Crippen LogP contribution is -2.67. The molecule has 65 heavy (non-hydrogen) atoms. The summed E-state index contributed by atoms with van der Waals surface area (Å²) in [4.78, 5) is 13.1. The molecule has 0 bridgehead atoms. The fraction of sp³-hybridized carbons (Fsp3) is 0.936. The van der Waals surface area contributed by atoms with Gasteiger partial charge in [-0.1, -0.05) is 53.2 Å². The first-order valence-corrected chi connectivity index (χ1v) is 23.9. The van der Waals surface area contributed by atoms with Gasteiger partial charge in [-0.05, 0) is 104 Å². The number of aliphatic carboxylic acids is 1. The molecule has 4 saturated carbocycles. The Morgan fingerprint density at radius 3 is 1.94 bits per heavy atom. The van der Waals surface area contributed by atoms with Crippen molar-refractivity contribution in [3.05, 3.63) is 11.6 Å². The van der Waals surface area contributed by atoms with Crippen LogP contribution in [0.2, 0.25) is 0 Å². The summed E-state index contributed by atoms with van der Waals surface area (Å²) in [5.41, 5.74) is -0.628. The molecular formula is C47H76O18. The Kier molecular flexibility index (Phi) is 13.7. The van der Waals surface area contributed by atoms with Crippen molar-refractivity contribution in [1.82, 2.24) is 0 Å². The van der Waals surface area contributed by atoms with Crippen LogP contribution in [0, 0.1) is 50.2 Å². The molecule has 8 rings (SSSR count). The Morgan fingerprint density at radius 1 is 0.677 bits per heavy atom. The topological polar surface area (TPSA) is 295 Å². The summed E-state index contributed by atoms with van der Waals surface area (Å²) < 4.78 is 35.3. The third-order valence-corrected chi connectivity index (χ3v) is 19.1. The van der Waals surface area contributed by atoms with Gasteiger partial charge in [0.05, 0.1) is 37.9 Å². The molecule has 23 atom stereocenters. The molecule has 0 aromatic rings. The lowest BCUT2D eigenvalue weighted by Gasteiger charge is -2.71. The molecule has 372 valence electrons. The van der Waals surface area contributed by atoms with Crippen molar-refractivity contribution in [2.24, 2.45) is 50.2 Å². The maximum absolute atomic E-state index is 13.1. The van der Waals surface area contributed by atoms with Crippen LogP contribution < -0.4 is 0 Å². The van der Waals surface area contributed by atoms with Crippen molar-refractivity contribution in [1.29, 1.82) is 0 Å². The van der Waals surface area contributed by atoms with E-state index in [9.17, 15) is 61.0 Å². The number of aliphatic hydroxyl groups is 10. The Balaban J connectivity index is 0.983. The summed E-state index contributed by atoms with van der Waals surface area (Å²) in [6, 6.07) is 0. The van der Waals surface area contributed by atoms with Crippen molar-refractivity contribution in [3.63, 3.8) is 0 Å². The van der Waals surface area contributed by atoms with Gasteiger partial charge >= 0.3 is 5.97 Å². The Bertz CT molecular complexity index is 1760. The van der Waals surface area contributed by atoms with E-state index in [1.165, 1.54) is 5.57 Å². The zero-order chi connectivity index (χ0) is 47.4. The predicted molar refractivity (Wildman–Crippen MR) is 226 cm³/mol. The Morgan fingerprint density at radius 2 is 1.29 bits per heavy atom. The second-order valence-electron chi connectivity index (χ2n) is 22.9. The van der Waals surface area contributed by atoms with E-state index in [0.717, 1.165) is 44.9 Å². The van der Waals surface area contributed by atoms with Crippen LogP contribution in [0.3, 0.4) is 0 Å². The molecule has 0 spiro atoms. The first-order chi connectivity index (χ1) is 30.5. The summed E-state index contributed by atoms with van der Waals surface area (Å²) in [5, 5.41) is 118. The summed E-state index contributed by atoms with van der Waals surface area (Å²) in [7, 11) is 0. The number of hydrogen-bond acceptors (Lipinski definition) is 17. The van der Waals surface area contributed by atoms with Gasteiger partial charge in [-0.2, -0.15) is 0 Å². The molecule has 3 aliphatic heterocycles. The van der Waals surface area contributed by atoms with Crippen molar-refractivity contribution < 1.29 is 89.4 Å². The average Bonchev–Trinajstić information content (AvgIpc) is 3.26. The number of fused-ring (bicyclic) bond motifs is 7. The predicted octanol–water partition coefficient (Wildman–Crippen LogP) is 0.318. The van der Waals surface area contributed by atoms with Crippen molar-refractivity contribution >= 4 is 5.97 Å². The normalized spacial score (nSPS) is 54.3. The number of aliphatic hydroxyl groups excluding tert-OH is 10. The van der Waals surface area contributed by atoms with Gasteiger partial charge in [0.1, 0.15) is 67.1 Å². The van der Waals surface area contributed by atoms with E-state index in [-0.39, 0.29) is 52.6 Å². The molecule has 5 aliphatic carbocycles.